The van der Waals surface area contributed by atoms with Gasteiger partial charge in [-0.2, -0.15) is 13.2 Å². The molecule has 5 aliphatic carbocycles. The number of anilines is 1. The molecule has 4 saturated carbocycles. The quantitative estimate of drug-likeness (QED) is 0.491. The number of aryl methyl sites for hydroxylation is 1. The van der Waals surface area contributed by atoms with Crippen LogP contribution in [0.15, 0.2) is 0 Å². The highest BCUT2D eigenvalue weighted by molar-refractivity contribution is 7.21. The van der Waals surface area contributed by atoms with Gasteiger partial charge in [-0.1, -0.05) is 12.8 Å². The molecule has 5 aliphatic rings. The van der Waals surface area contributed by atoms with Gasteiger partial charge in [0.05, 0.1) is 16.1 Å². The number of pyridine rings is 1. The van der Waals surface area contributed by atoms with Crippen LogP contribution in [0.1, 0.15) is 90.7 Å². The lowest BCUT2D eigenvalue weighted by atomic mass is 9.48. The molecule has 0 atom stereocenters. The number of alkyl halides is 3. The second-order valence-corrected chi connectivity index (χ2v) is 11.9. The predicted octanol–water partition coefficient (Wildman–Crippen LogP) is 6.96. The molecule has 0 amide bonds. The largest absolute Gasteiger partial charge is 0.417 e. The number of Topliss-reactive ketones (excluding diaryl/α,β-unsaturated/α-hetero) is 1. The minimum Gasteiger partial charge on any atom is -0.397 e. The van der Waals surface area contributed by atoms with Crippen molar-refractivity contribution in [1.82, 2.24) is 4.98 Å². The normalized spacial score (nSPS) is 32.0. The predicted molar refractivity (Wildman–Crippen MR) is 120 cm³/mol. The molecule has 2 heterocycles. The molecular formula is C25H29F3N2OS. The number of halogens is 3. The summed E-state index contributed by atoms with van der Waals surface area (Å²) >= 11 is 1.11. The van der Waals surface area contributed by atoms with Crippen molar-refractivity contribution in [2.45, 2.75) is 83.2 Å². The van der Waals surface area contributed by atoms with E-state index in [-0.39, 0.29) is 16.9 Å². The van der Waals surface area contributed by atoms with Gasteiger partial charge in [0.25, 0.3) is 0 Å². The SMILES string of the molecule is Nc1c(C(=O)C23CC4CC(CC(C4)C2)C3)sc2nc3c(c(C(F)(F)F)c12)CCCCCC3. The first kappa shape index (κ1) is 20.9. The monoisotopic (exact) mass is 462 g/mol. The van der Waals surface area contributed by atoms with E-state index in [0.717, 1.165) is 56.3 Å². The number of nitrogens with two attached hydrogens (primary N) is 1. The maximum absolute atomic E-state index is 14.4. The Morgan fingerprint density at radius 1 is 0.969 bits per heavy atom. The van der Waals surface area contributed by atoms with Crippen molar-refractivity contribution < 1.29 is 18.0 Å². The van der Waals surface area contributed by atoms with Crippen LogP contribution in [0.5, 0.6) is 0 Å². The van der Waals surface area contributed by atoms with Crippen LogP contribution < -0.4 is 5.73 Å². The van der Waals surface area contributed by atoms with Crippen molar-refractivity contribution in [3.8, 4) is 0 Å². The fraction of sp³-hybridized carbons (Fsp3) is 0.680. The maximum atomic E-state index is 14.4. The molecule has 0 radical (unpaired) electrons. The summed E-state index contributed by atoms with van der Waals surface area (Å²) in [7, 11) is 0. The third kappa shape index (κ3) is 3.13. The van der Waals surface area contributed by atoms with Crippen LogP contribution in [0, 0.1) is 23.2 Å². The molecule has 2 aromatic rings. The molecule has 2 N–H and O–H groups in total. The molecule has 7 rings (SSSR count). The number of carbonyl (C=O) groups is 1. The number of ketones is 1. The Morgan fingerprint density at radius 2 is 1.56 bits per heavy atom. The molecule has 0 unspecified atom stereocenters. The zero-order valence-corrected chi connectivity index (χ0v) is 19.0. The lowest BCUT2D eigenvalue weighted by Gasteiger charge is -2.55. The zero-order chi connectivity index (χ0) is 22.3. The number of thiophene rings is 1. The van der Waals surface area contributed by atoms with Crippen molar-refractivity contribution in [3.05, 3.63) is 21.7 Å². The van der Waals surface area contributed by atoms with E-state index >= 15 is 0 Å². The van der Waals surface area contributed by atoms with Crippen LogP contribution in [0.4, 0.5) is 18.9 Å². The van der Waals surface area contributed by atoms with Gasteiger partial charge in [0.15, 0.2) is 5.78 Å². The van der Waals surface area contributed by atoms with E-state index in [4.69, 9.17) is 5.73 Å². The number of hydrogen-bond acceptors (Lipinski definition) is 4. The molecule has 0 spiro atoms. The first-order chi connectivity index (χ1) is 15.2. The Bertz CT molecular complexity index is 1070. The third-order valence-corrected chi connectivity index (χ3v) is 9.76. The average Bonchev–Trinajstić information content (AvgIpc) is 3.01. The van der Waals surface area contributed by atoms with E-state index in [1.165, 1.54) is 19.3 Å². The van der Waals surface area contributed by atoms with Gasteiger partial charge in [-0.3, -0.25) is 4.79 Å². The van der Waals surface area contributed by atoms with Crippen molar-refractivity contribution in [3.63, 3.8) is 0 Å². The number of aromatic nitrogens is 1. The first-order valence-electron chi connectivity index (χ1n) is 12.1. The van der Waals surface area contributed by atoms with Crippen molar-refractivity contribution in [1.29, 1.82) is 0 Å². The molecular weight excluding hydrogens is 433 g/mol. The molecule has 0 saturated heterocycles. The molecule has 4 fully saturated rings. The Hall–Kier alpha value is -1.63. The molecule has 32 heavy (non-hydrogen) atoms. The molecule has 2 aromatic heterocycles. The smallest absolute Gasteiger partial charge is 0.397 e. The van der Waals surface area contributed by atoms with Crippen molar-refractivity contribution in [2.75, 3.05) is 5.73 Å². The van der Waals surface area contributed by atoms with Crippen molar-refractivity contribution >= 4 is 33.0 Å². The highest BCUT2D eigenvalue weighted by Gasteiger charge is 2.55. The molecule has 172 valence electrons. The summed E-state index contributed by atoms with van der Waals surface area (Å²) in [5.41, 5.74) is 6.25. The Labute approximate surface area is 190 Å². The Morgan fingerprint density at radius 3 is 2.16 bits per heavy atom. The topological polar surface area (TPSA) is 56.0 Å². The van der Waals surface area contributed by atoms with Crippen LogP contribution in [0.25, 0.3) is 10.2 Å². The summed E-state index contributed by atoms with van der Waals surface area (Å²) in [6, 6.07) is 0. The fourth-order valence-electron chi connectivity index (χ4n) is 7.77. The third-order valence-electron chi connectivity index (χ3n) is 8.66. The van der Waals surface area contributed by atoms with E-state index in [0.29, 0.717) is 51.6 Å². The highest BCUT2D eigenvalue weighted by Crippen LogP contribution is 2.62. The van der Waals surface area contributed by atoms with Gasteiger partial charge in [0.2, 0.25) is 0 Å². The number of hydrogen-bond donors (Lipinski definition) is 1. The van der Waals surface area contributed by atoms with Crippen LogP contribution in [0.3, 0.4) is 0 Å². The molecule has 3 nitrogen and oxygen atoms in total. The number of fused-ring (bicyclic) bond motifs is 2. The summed E-state index contributed by atoms with van der Waals surface area (Å²) < 4.78 is 43.1. The molecule has 7 heteroatoms. The standard InChI is InChI=1S/C25H29F3N2OS/c26-25(27,28)19-16-5-3-1-2-4-6-17(16)30-23-18(19)20(29)21(32-23)22(31)24-10-13-7-14(11-24)9-15(8-13)12-24/h13-15H,1-12,29H2. The summed E-state index contributed by atoms with van der Waals surface area (Å²) in [5, 5.41) is -0.0186. The molecule has 0 aromatic carbocycles. The summed E-state index contributed by atoms with van der Waals surface area (Å²) in [6.45, 7) is 0. The Balaban J connectivity index is 1.51. The molecule has 0 aliphatic heterocycles. The van der Waals surface area contributed by atoms with Crippen molar-refractivity contribution in [2.24, 2.45) is 23.2 Å². The summed E-state index contributed by atoms with van der Waals surface area (Å²) in [6.07, 6.45) is 6.21. The second-order valence-electron chi connectivity index (χ2n) is 10.9. The molecule has 4 bridgehead atoms. The lowest BCUT2D eigenvalue weighted by Crippen LogP contribution is -2.49. The number of nitrogens with zero attached hydrogens (tertiary/aromatic N) is 1. The average molecular weight is 463 g/mol. The van der Waals surface area contributed by atoms with E-state index < -0.39 is 17.2 Å². The van der Waals surface area contributed by atoms with Crippen LogP contribution >= 0.6 is 11.3 Å². The zero-order valence-electron chi connectivity index (χ0n) is 18.2. The fourth-order valence-corrected chi connectivity index (χ4v) is 8.96. The minimum atomic E-state index is -4.51. The second kappa shape index (κ2) is 7.18. The summed E-state index contributed by atoms with van der Waals surface area (Å²) in [5.74, 6) is 1.76. The van der Waals surface area contributed by atoms with Crippen LogP contribution in [0.2, 0.25) is 0 Å². The van der Waals surface area contributed by atoms with Gasteiger partial charge in [-0.25, -0.2) is 4.98 Å². The van der Waals surface area contributed by atoms with E-state index in [2.05, 4.69) is 4.98 Å². The Kier molecular flexibility index (Phi) is 4.70. The van der Waals surface area contributed by atoms with Gasteiger partial charge in [-0.05, 0) is 87.5 Å². The van der Waals surface area contributed by atoms with E-state index in [9.17, 15) is 18.0 Å². The highest BCUT2D eigenvalue weighted by atomic mass is 32.1. The van der Waals surface area contributed by atoms with Crippen LogP contribution in [-0.2, 0) is 19.0 Å². The van der Waals surface area contributed by atoms with E-state index in [1.54, 1.807) is 0 Å². The van der Waals surface area contributed by atoms with Gasteiger partial charge < -0.3 is 5.73 Å². The van der Waals surface area contributed by atoms with Gasteiger partial charge >= 0.3 is 6.18 Å². The minimum absolute atomic E-state index is 0.00218. The van der Waals surface area contributed by atoms with Gasteiger partial charge in [0, 0.05) is 16.5 Å². The first-order valence-corrected chi connectivity index (χ1v) is 12.9. The van der Waals surface area contributed by atoms with Gasteiger partial charge in [-0.15, -0.1) is 11.3 Å². The number of nitrogen functional groups attached to an aromatic ring is 1. The number of rotatable bonds is 2. The van der Waals surface area contributed by atoms with Gasteiger partial charge in [0.1, 0.15) is 4.83 Å². The lowest BCUT2D eigenvalue weighted by molar-refractivity contribution is -0.137. The maximum Gasteiger partial charge on any atom is 0.417 e. The summed E-state index contributed by atoms with van der Waals surface area (Å²) in [4.78, 5) is 19.2. The number of carbonyl (C=O) groups excluding carboxylic acids is 1. The van der Waals surface area contributed by atoms with Crippen LogP contribution in [-0.4, -0.2) is 10.8 Å². The van der Waals surface area contributed by atoms with E-state index in [1.807, 2.05) is 0 Å².